The number of carbonyl (C=O) groups excluding carboxylic acids is 1. The average Bonchev–Trinajstić information content (AvgIpc) is 2.38. The summed E-state index contributed by atoms with van der Waals surface area (Å²) in [6.45, 7) is 4.16. The topological polar surface area (TPSA) is 55.1 Å². The molecule has 4 heteroatoms. The van der Waals surface area contributed by atoms with Crippen LogP contribution >= 0.6 is 11.8 Å². The third-order valence-corrected chi connectivity index (χ3v) is 3.84. The van der Waals surface area contributed by atoms with Gasteiger partial charge in [0, 0.05) is 17.5 Å². The highest BCUT2D eigenvalue weighted by molar-refractivity contribution is 8.00. The molecule has 1 atom stereocenters. The normalized spacial score (nSPS) is 12.2. The van der Waals surface area contributed by atoms with E-state index in [9.17, 15) is 4.79 Å². The number of anilines is 1. The van der Waals surface area contributed by atoms with Crippen molar-refractivity contribution in [3.63, 3.8) is 0 Å². The van der Waals surface area contributed by atoms with Crippen molar-refractivity contribution in [1.29, 1.82) is 0 Å². The minimum atomic E-state index is 0.0385. The van der Waals surface area contributed by atoms with Crippen LogP contribution in [0.15, 0.2) is 24.3 Å². The van der Waals surface area contributed by atoms with Gasteiger partial charge in [-0.25, -0.2) is 0 Å². The van der Waals surface area contributed by atoms with Crippen molar-refractivity contribution in [1.82, 2.24) is 0 Å². The summed E-state index contributed by atoms with van der Waals surface area (Å²) >= 11 is 1.59. The molecule has 1 aromatic carbocycles. The predicted molar refractivity (Wildman–Crippen MR) is 80.0 cm³/mol. The standard InChI is InChI=1S/C14H22N2OS/c1-3-11-6-5-7-13(8-11)16-14(17)10-18-9-12(15)4-2/h5-8,12H,3-4,9-10,15H2,1-2H3,(H,16,17). The summed E-state index contributed by atoms with van der Waals surface area (Å²) in [5.74, 6) is 1.33. The van der Waals surface area contributed by atoms with Crippen molar-refractivity contribution in [3.8, 4) is 0 Å². The Kier molecular flexibility index (Phi) is 6.83. The quantitative estimate of drug-likeness (QED) is 0.797. The fraction of sp³-hybridized carbons (Fsp3) is 0.500. The van der Waals surface area contributed by atoms with Gasteiger partial charge in [-0.1, -0.05) is 26.0 Å². The molecule has 0 bridgehead atoms. The second-order valence-electron chi connectivity index (χ2n) is 4.29. The Morgan fingerprint density at radius 1 is 1.44 bits per heavy atom. The molecular weight excluding hydrogens is 244 g/mol. The third-order valence-electron chi connectivity index (χ3n) is 2.71. The van der Waals surface area contributed by atoms with Crippen LogP contribution in [0.2, 0.25) is 0 Å². The fourth-order valence-electron chi connectivity index (χ4n) is 1.49. The van der Waals surface area contributed by atoms with E-state index in [1.807, 2.05) is 18.2 Å². The van der Waals surface area contributed by atoms with Gasteiger partial charge in [0.2, 0.25) is 5.91 Å². The summed E-state index contributed by atoms with van der Waals surface area (Å²) in [7, 11) is 0. The summed E-state index contributed by atoms with van der Waals surface area (Å²) in [5, 5.41) is 2.91. The lowest BCUT2D eigenvalue weighted by Gasteiger charge is -2.09. The van der Waals surface area contributed by atoms with Crippen LogP contribution in [0.3, 0.4) is 0 Å². The van der Waals surface area contributed by atoms with Crippen molar-refractivity contribution in [2.24, 2.45) is 5.73 Å². The summed E-state index contributed by atoms with van der Waals surface area (Å²) in [6.07, 6.45) is 1.93. The number of carbonyl (C=O) groups is 1. The van der Waals surface area contributed by atoms with E-state index in [4.69, 9.17) is 5.73 Å². The number of nitrogens with two attached hydrogens (primary N) is 1. The smallest absolute Gasteiger partial charge is 0.234 e. The van der Waals surface area contributed by atoms with Crippen LogP contribution in [0.1, 0.15) is 25.8 Å². The first kappa shape index (κ1) is 15.1. The Morgan fingerprint density at radius 2 is 2.22 bits per heavy atom. The van der Waals surface area contributed by atoms with Crippen LogP contribution in [0.4, 0.5) is 5.69 Å². The molecule has 0 spiro atoms. The molecule has 0 saturated carbocycles. The number of thioether (sulfide) groups is 1. The van der Waals surface area contributed by atoms with Gasteiger partial charge in [-0.05, 0) is 30.5 Å². The van der Waals surface area contributed by atoms with Crippen LogP contribution in [0.25, 0.3) is 0 Å². The Morgan fingerprint density at radius 3 is 2.89 bits per heavy atom. The van der Waals surface area contributed by atoms with Gasteiger partial charge in [0.05, 0.1) is 5.75 Å². The van der Waals surface area contributed by atoms with Crippen LogP contribution in [0, 0.1) is 0 Å². The lowest BCUT2D eigenvalue weighted by atomic mass is 10.1. The van der Waals surface area contributed by atoms with Crippen molar-refractivity contribution >= 4 is 23.4 Å². The zero-order valence-electron chi connectivity index (χ0n) is 11.1. The molecule has 1 rings (SSSR count). The van der Waals surface area contributed by atoms with Gasteiger partial charge in [0.1, 0.15) is 0 Å². The first-order valence-corrected chi connectivity index (χ1v) is 7.53. The minimum Gasteiger partial charge on any atom is -0.327 e. The highest BCUT2D eigenvalue weighted by atomic mass is 32.2. The largest absolute Gasteiger partial charge is 0.327 e. The maximum absolute atomic E-state index is 11.7. The molecule has 0 radical (unpaired) electrons. The number of aryl methyl sites for hydroxylation is 1. The number of hydrogen-bond acceptors (Lipinski definition) is 3. The van der Waals surface area contributed by atoms with Gasteiger partial charge < -0.3 is 11.1 Å². The molecule has 0 aliphatic carbocycles. The van der Waals surface area contributed by atoms with Crippen molar-refractivity contribution < 1.29 is 4.79 Å². The van der Waals surface area contributed by atoms with Crippen molar-refractivity contribution in [3.05, 3.63) is 29.8 Å². The van der Waals surface area contributed by atoms with E-state index >= 15 is 0 Å². The summed E-state index contributed by atoms with van der Waals surface area (Å²) in [4.78, 5) is 11.7. The molecule has 0 saturated heterocycles. The van der Waals surface area contributed by atoms with Gasteiger partial charge in [0.25, 0.3) is 0 Å². The first-order valence-electron chi connectivity index (χ1n) is 6.37. The van der Waals surface area contributed by atoms with E-state index in [1.165, 1.54) is 5.56 Å². The van der Waals surface area contributed by atoms with Gasteiger partial charge in [-0.15, -0.1) is 0 Å². The molecule has 100 valence electrons. The first-order chi connectivity index (χ1) is 8.65. The highest BCUT2D eigenvalue weighted by Crippen LogP contribution is 2.12. The lowest BCUT2D eigenvalue weighted by Crippen LogP contribution is -2.23. The van der Waals surface area contributed by atoms with Gasteiger partial charge in [-0.2, -0.15) is 11.8 Å². The summed E-state index contributed by atoms with van der Waals surface area (Å²) < 4.78 is 0. The minimum absolute atomic E-state index is 0.0385. The van der Waals surface area contributed by atoms with E-state index < -0.39 is 0 Å². The monoisotopic (exact) mass is 266 g/mol. The van der Waals surface area contributed by atoms with Gasteiger partial charge in [-0.3, -0.25) is 4.79 Å². The number of amides is 1. The third kappa shape index (κ3) is 5.56. The van der Waals surface area contributed by atoms with E-state index in [0.29, 0.717) is 5.75 Å². The molecule has 3 nitrogen and oxygen atoms in total. The SMILES string of the molecule is CCc1cccc(NC(=O)CSCC(N)CC)c1. The number of nitrogens with one attached hydrogen (secondary N) is 1. The molecule has 1 unspecified atom stereocenters. The molecule has 0 aromatic heterocycles. The Bertz CT molecular complexity index is 382. The summed E-state index contributed by atoms with van der Waals surface area (Å²) in [5.41, 5.74) is 7.90. The van der Waals surface area contributed by atoms with Crippen LogP contribution in [-0.4, -0.2) is 23.5 Å². The Balaban J connectivity index is 2.35. The fourth-order valence-corrected chi connectivity index (χ4v) is 2.40. The van der Waals surface area contributed by atoms with E-state index in [0.717, 1.165) is 24.3 Å². The second-order valence-corrected chi connectivity index (χ2v) is 5.32. The van der Waals surface area contributed by atoms with E-state index in [1.54, 1.807) is 11.8 Å². The number of hydrogen-bond donors (Lipinski definition) is 2. The number of benzene rings is 1. The molecular formula is C14H22N2OS. The molecule has 3 N–H and O–H groups in total. The van der Waals surface area contributed by atoms with Crippen LogP contribution < -0.4 is 11.1 Å². The lowest BCUT2D eigenvalue weighted by molar-refractivity contribution is -0.113. The molecule has 0 aliphatic rings. The van der Waals surface area contributed by atoms with Gasteiger partial charge in [0.15, 0.2) is 0 Å². The molecule has 1 amide bonds. The van der Waals surface area contributed by atoms with Crippen LogP contribution in [-0.2, 0) is 11.2 Å². The van der Waals surface area contributed by atoms with E-state index in [-0.39, 0.29) is 11.9 Å². The van der Waals surface area contributed by atoms with Crippen LogP contribution in [0.5, 0.6) is 0 Å². The predicted octanol–water partition coefficient (Wildman–Crippen LogP) is 2.66. The molecule has 0 heterocycles. The molecule has 18 heavy (non-hydrogen) atoms. The second kappa shape index (κ2) is 8.16. The van der Waals surface area contributed by atoms with E-state index in [2.05, 4.69) is 25.2 Å². The molecule has 0 aliphatic heterocycles. The average molecular weight is 266 g/mol. The van der Waals surface area contributed by atoms with Crippen molar-refractivity contribution in [2.75, 3.05) is 16.8 Å². The van der Waals surface area contributed by atoms with Gasteiger partial charge >= 0.3 is 0 Å². The highest BCUT2D eigenvalue weighted by Gasteiger charge is 2.05. The molecule has 0 fully saturated rings. The molecule has 1 aromatic rings. The zero-order chi connectivity index (χ0) is 13.4. The summed E-state index contributed by atoms with van der Waals surface area (Å²) in [6, 6.07) is 8.14. The zero-order valence-corrected chi connectivity index (χ0v) is 11.9. The van der Waals surface area contributed by atoms with Crippen molar-refractivity contribution in [2.45, 2.75) is 32.7 Å². The number of rotatable bonds is 7. The maximum Gasteiger partial charge on any atom is 0.234 e. The Labute approximate surface area is 114 Å². The maximum atomic E-state index is 11.7. The Hall–Kier alpha value is -1.00.